The highest BCUT2D eigenvalue weighted by Gasteiger charge is 2.39. The molecule has 2 aliphatic heterocycles. The topological polar surface area (TPSA) is 177 Å². The second-order valence-corrected chi connectivity index (χ2v) is 13.4. The molecule has 1 aromatic rings. The Hall–Kier alpha value is -2.74. The van der Waals surface area contributed by atoms with Crippen LogP contribution in [0.15, 0.2) is 30.3 Å². The number of aliphatic hydroxyl groups is 1. The van der Waals surface area contributed by atoms with E-state index in [1.165, 1.54) is 0 Å². The van der Waals surface area contributed by atoms with Crippen molar-refractivity contribution < 1.29 is 32.5 Å². The van der Waals surface area contributed by atoms with Crippen molar-refractivity contribution in [2.45, 2.75) is 94.3 Å². The molecule has 1 aromatic carbocycles. The van der Waals surface area contributed by atoms with Crippen LogP contribution in [-0.4, -0.2) is 84.0 Å². The van der Waals surface area contributed by atoms with Crippen LogP contribution in [0.4, 0.5) is 4.79 Å². The van der Waals surface area contributed by atoms with Crippen molar-refractivity contribution >= 4 is 28.0 Å². The monoisotopic (exact) mass is 607 g/mol. The number of nitrogens with one attached hydrogen (secondary N) is 4. The number of carbonyl (C=O) groups is 3. The summed E-state index contributed by atoms with van der Waals surface area (Å²) >= 11 is 0. The van der Waals surface area contributed by atoms with E-state index in [0.717, 1.165) is 63.6 Å². The standard InChI is InChI=1S/C29H45N5O7S/c35-26-22(11-16-31-26)18-25(28(37)42(39,40)41)32-27(36)24(17-20-7-3-1-4-8-20)33-29(38)34(23-12-14-30-15-13-23)19-21-9-5-2-6-10-21/h2,5-6,9-10,20,22-25,28,30,37H,1,3-4,7-8,11-19H2,(H,31,35)(H,32,36)(H,33,38)(H,39,40,41)/t22-,24-,25-,28?/m0/s1. The van der Waals surface area contributed by atoms with Gasteiger partial charge < -0.3 is 31.3 Å². The molecule has 0 aromatic heterocycles. The first-order chi connectivity index (χ1) is 20.1. The zero-order chi connectivity index (χ0) is 30.1. The summed E-state index contributed by atoms with van der Waals surface area (Å²) in [4.78, 5) is 41.6. The average Bonchev–Trinajstić information content (AvgIpc) is 3.39. The van der Waals surface area contributed by atoms with Crippen LogP contribution >= 0.6 is 0 Å². The average molecular weight is 608 g/mol. The molecule has 4 atom stereocenters. The number of urea groups is 1. The summed E-state index contributed by atoms with van der Waals surface area (Å²) in [6.45, 7) is 2.33. The van der Waals surface area contributed by atoms with Gasteiger partial charge in [0.15, 0.2) is 0 Å². The molecule has 13 heteroatoms. The van der Waals surface area contributed by atoms with Gasteiger partial charge in [-0.3, -0.25) is 14.1 Å². The maximum absolute atomic E-state index is 13.9. The van der Waals surface area contributed by atoms with Gasteiger partial charge in [-0.05, 0) is 56.7 Å². The number of hydrogen-bond donors (Lipinski definition) is 6. The van der Waals surface area contributed by atoms with Gasteiger partial charge in [-0.1, -0.05) is 62.4 Å². The van der Waals surface area contributed by atoms with Crippen LogP contribution in [0.5, 0.6) is 0 Å². The van der Waals surface area contributed by atoms with Crippen LogP contribution in [0.2, 0.25) is 0 Å². The highest BCUT2D eigenvalue weighted by molar-refractivity contribution is 7.86. The molecule has 0 spiro atoms. The minimum Gasteiger partial charge on any atom is -0.374 e. The number of hydrogen-bond acceptors (Lipinski definition) is 7. The fourth-order valence-electron chi connectivity index (χ4n) is 6.40. The molecule has 234 valence electrons. The normalized spacial score (nSPS) is 22.5. The van der Waals surface area contributed by atoms with E-state index in [0.29, 0.717) is 25.9 Å². The number of aliphatic hydroxyl groups excluding tert-OH is 1. The highest BCUT2D eigenvalue weighted by atomic mass is 32.2. The minimum atomic E-state index is -4.94. The van der Waals surface area contributed by atoms with E-state index in [1.807, 2.05) is 30.3 Å². The Labute approximate surface area is 248 Å². The molecule has 0 bridgehead atoms. The molecule has 3 fully saturated rings. The fourth-order valence-corrected chi connectivity index (χ4v) is 6.99. The second kappa shape index (κ2) is 15.1. The molecular weight excluding hydrogens is 562 g/mol. The molecule has 4 amide bonds. The van der Waals surface area contributed by atoms with Gasteiger partial charge in [0.1, 0.15) is 6.04 Å². The molecule has 2 saturated heterocycles. The lowest BCUT2D eigenvalue weighted by molar-refractivity contribution is -0.126. The molecule has 2 heterocycles. The number of nitrogens with zero attached hydrogens (tertiary/aromatic N) is 1. The van der Waals surface area contributed by atoms with Crippen molar-refractivity contribution in [2.24, 2.45) is 11.8 Å². The van der Waals surface area contributed by atoms with Gasteiger partial charge in [0.05, 0.1) is 6.04 Å². The smallest absolute Gasteiger partial charge is 0.318 e. The third kappa shape index (κ3) is 9.13. The van der Waals surface area contributed by atoms with Crippen molar-refractivity contribution in [2.75, 3.05) is 19.6 Å². The highest BCUT2D eigenvalue weighted by Crippen LogP contribution is 2.28. The lowest BCUT2D eigenvalue weighted by Gasteiger charge is -2.36. The van der Waals surface area contributed by atoms with Crippen LogP contribution in [0.25, 0.3) is 0 Å². The maximum Gasteiger partial charge on any atom is 0.318 e. The summed E-state index contributed by atoms with van der Waals surface area (Å²) in [5.41, 5.74) is -1.35. The molecule has 3 aliphatic rings. The minimum absolute atomic E-state index is 0.0279. The van der Waals surface area contributed by atoms with Crippen LogP contribution < -0.4 is 21.3 Å². The van der Waals surface area contributed by atoms with Gasteiger partial charge in [0.25, 0.3) is 10.1 Å². The summed E-state index contributed by atoms with van der Waals surface area (Å²) in [5.74, 6) is -1.38. The predicted molar refractivity (Wildman–Crippen MR) is 157 cm³/mol. The van der Waals surface area contributed by atoms with Crippen LogP contribution in [-0.2, 0) is 26.3 Å². The van der Waals surface area contributed by atoms with Crippen LogP contribution in [0.1, 0.15) is 69.8 Å². The summed E-state index contributed by atoms with van der Waals surface area (Å²) in [6, 6.07) is 6.81. The number of rotatable bonds is 12. The van der Waals surface area contributed by atoms with Gasteiger partial charge in [0.2, 0.25) is 17.3 Å². The first kappa shape index (κ1) is 32.2. The van der Waals surface area contributed by atoms with Crippen molar-refractivity contribution in [3.8, 4) is 0 Å². The first-order valence-corrected chi connectivity index (χ1v) is 16.7. The Morgan fingerprint density at radius 1 is 0.952 bits per heavy atom. The van der Waals surface area contributed by atoms with Crippen molar-refractivity contribution in [3.05, 3.63) is 35.9 Å². The lowest BCUT2D eigenvalue weighted by atomic mass is 9.84. The van der Waals surface area contributed by atoms with Crippen molar-refractivity contribution in [3.63, 3.8) is 0 Å². The predicted octanol–water partition coefficient (Wildman–Crippen LogP) is 1.51. The molecule has 0 radical (unpaired) electrons. The van der Waals surface area contributed by atoms with E-state index in [9.17, 15) is 32.5 Å². The number of benzene rings is 1. The van der Waals surface area contributed by atoms with Crippen LogP contribution in [0.3, 0.4) is 0 Å². The van der Waals surface area contributed by atoms with Gasteiger partial charge in [-0.2, -0.15) is 8.42 Å². The Kier molecular flexibility index (Phi) is 11.6. The van der Waals surface area contributed by atoms with Gasteiger partial charge in [-0.15, -0.1) is 0 Å². The van der Waals surface area contributed by atoms with E-state index in [1.54, 1.807) is 4.90 Å². The third-order valence-electron chi connectivity index (χ3n) is 8.79. The molecular formula is C29H45N5O7S. The largest absolute Gasteiger partial charge is 0.374 e. The summed E-state index contributed by atoms with van der Waals surface area (Å²) in [7, 11) is -4.94. The van der Waals surface area contributed by atoms with E-state index in [4.69, 9.17) is 0 Å². The number of carbonyl (C=O) groups excluding carboxylic acids is 3. The number of piperidine rings is 1. The number of amides is 4. The summed E-state index contributed by atoms with van der Waals surface area (Å²) in [6.07, 6.45) is 7.16. The zero-order valence-corrected chi connectivity index (χ0v) is 24.9. The Morgan fingerprint density at radius 2 is 1.64 bits per heavy atom. The molecule has 42 heavy (non-hydrogen) atoms. The van der Waals surface area contributed by atoms with E-state index in [-0.39, 0.29) is 30.3 Å². The van der Waals surface area contributed by atoms with E-state index >= 15 is 0 Å². The molecule has 12 nitrogen and oxygen atoms in total. The third-order valence-corrected chi connectivity index (χ3v) is 9.73. The van der Waals surface area contributed by atoms with E-state index < -0.39 is 39.5 Å². The van der Waals surface area contributed by atoms with Crippen molar-refractivity contribution in [1.29, 1.82) is 0 Å². The second-order valence-electron chi connectivity index (χ2n) is 11.9. The molecule has 6 N–H and O–H groups in total. The first-order valence-electron chi connectivity index (χ1n) is 15.2. The Morgan fingerprint density at radius 3 is 2.26 bits per heavy atom. The molecule has 1 aliphatic carbocycles. The van der Waals surface area contributed by atoms with Gasteiger partial charge in [0, 0.05) is 25.0 Å². The SMILES string of the molecule is O=C1NCC[C@H]1C[C@H](NC(=O)[C@H](CC1CCCCC1)NC(=O)N(Cc1ccccc1)C1CCNCC1)C(O)S(=O)(=O)O. The summed E-state index contributed by atoms with van der Waals surface area (Å²) in [5, 5.41) is 22.0. The van der Waals surface area contributed by atoms with Crippen molar-refractivity contribution in [1.82, 2.24) is 26.2 Å². The Balaban J connectivity index is 1.54. The molecule has 1 saturated carbocycles. The van der Waals surface area contributed by atoms with Crippen LogP contribution in [0, 0.1) is 11.8 Å². The lowest BCUT2D eigenvalue weighted by Crippen LogP contribution is -2.58. The Bertz CT molecular complexity index is 1160. The zero-order valence-electron chi connectivity index (χ0n) is 24.0. The molecule has 4 rings (SSSR count). The quantitative estimate of drug-likeness (QED) is 0.194. The van der Waals surface area contributed by atoms with Gasteiger partial charge in [-0.25, -0.2) is 4.79 Å². The summed E-state index contributed by atoms with van der Waals surface area (Å²) < 4.78 is 33.4. The molecule has 1 unspecified atom stereocenters. The fraction of sp³-hybridized carbons (Fsp3) is 0.690. The van der Waals surface area contributed by atoms with Gasteiger partial charge >= 0.3 is 6.03 Å². The van der Waals surface area contributed by atoms with E-state index in [2.05, 4.69) is 21.3 Å². The maximum atomic E-state index is 13.9.